The van der Waals surface area contributed by atoms with Crippen LogP contribution in [0, 0.1) is 0 Å². The first-order chi connectivity index (χ1) is 14.9. The first-order valence-electron chi connectivity index (χ1n) is 12.4. The summed E-state index contributed by atoms with van der Waals surface area (Å²) in [5.41, 5.74) is 1.36. The Morgan fingerprint density at radius 2 is 1.47 bits per heavy atom. The summed E-state index contributed by atoms with van der Waals surface area (Å²) in [4.78, 5) is 3.50. The van der Waals surface area contributed by atoms with Gasteiger partial charge in [-0.3, -0.25) is 0 Å². The summed E-state index contributed by atoms with van der Waals surface area (Å²) in [6, 6.07) is 12.6. The second-order valence-electron chi connectivity index (χ2n) is 9.77. The maximum absolute atomic E-state index is 4.63. The molecule has 3 fully saturated rings. The van der Waals surface area contributed by atoms with Crippen LogP contribution in [0.5, 0.6) is 0 Å². The molecule has 2 heterocycles. The molecule has 0 amide bonds. The van der Waals surface area contributed by atoms with Crippen LogP contribution in [-0.4, -0.2) is 52.4 Å². The maximum atomic E-state index is 4.63. The minimum atomic E-state index is 0.246. The van der Waals surface area contributed by atoms with Crippen LogP contribution >= 0.6 is 0 Å². The summed E-state index contributed by atoms with van der Waals surface area (Å²) in [5.74, 6) is 1.09. The van der Waals surface area contributed by atoms with Gasteiger partial charge in [0.2, 0.25) is 5.82 Å². The Hall–Kier alpha value is -1.79. The summed E-state index contributed by atoms with van der Waals surface area (Å²) in [7, 11) is 0. The number of quaternary nitrogens is 2. The number of hydrogen-bond acceptors (Lipinski definition) is 3. The normalized spacial score (nSPS) is 27.7. The summed E-state index contributed by atoms with van der Waals surface area (Å²) in [5, 5.41) is 13.3. The predicted octanol–water partition coefficient (Wildman–Crippen LogP) is 1.38. The van der Waals surface area contributed by atoms with Crippen LogP contribution in [0.3, 0.4) is 0 Å². The van der Waals surface area contributed by atoms with E-state index in [0.717, 1.165) is 11.9 Å². The number of tetrazole rings is 1. The van der Waals surface area contributed by atoms with Gasteiger partial charge in [-0.2, -0.15) is 0 Å². The van der Waals surface area contributed by atoms with Crippen LogP contribution in [-0.2, 0) is 0 Å². The van der Waals surface area contributed by atoms with E-state index in [1.807, 2.05) is 4.90 Å². The molecule has 1 saturated heterocycles. The van der Waals surface area contributed by atoms with Crippen molar-refractivity contribution >= 4 is 0 Å². The van der Waals surface area contributed by atoms with Gasteiger partial charge in [-0.1, -0.05) is 56.0 Å². The van der Waals surface area contributed by atoms with Gasteiger partial charge < -0.3 is 9.80 Å². The largest absolute Gasteiger partial charge is 0.323 e. The van der Waals surface area contributed by atoms with Gasteiger partial charge in [0.25, 0.3) is 0 Å². The molecule has 6 heteroatoms. The monoisotopic (exact) mass is 410 g/mol. The van der Waals surface area contributed by atoms with Crippen LogP contribution in [0.15, 0.2) is 30.3 Å². The fourth-order valence-electron chi connectivity index (χ4n) is 6.29. The SMILES string of the molecule is c1ccc([C@H](c2nnnn2C2CCCCC2)[NH+]2CC[NH+](C3CCCCC3)CC2)cc1. The summed E-state index contributed by atoms with van der Waals surface area (Å²) in [6.45, 7) is 4.99. The molecule has 2 aromatic rings. The van der Waals surface area contributed by atoms with E-state index >= 15 is 0 Å². The molecular formula is C24H38N6+2. The molecule has 0 bridgehead atoms. The Labute approximate surface area is 180 Å². The average Bonchev–Trinajstić information content (AvgIpc) is 3.31. The topological polar surface area (TPSA) is 52.5 Å². The molecule has 6 nitrogen and oxygen atoms in total. The van der Waals surface area contributed by atoms with Crippen LogP contribution in [0.2, 0.25) is 0 Å². The van der Waals surface area contributed by atoms with Gasteiger partial charge in [-0.05, 0) is 49.0 Å². The van der Waals surface area contributed by atoms with Gasteiger partial charge in [0.1, 0.15) is 26.2 Å². The highest BCUT2D eigenvalue weighted by molar-refractivity contribution is 5.22. The van der Waals surface area contributed by atoms with E-state index < -0.39 is 0 Å². The second-order valence-corrected chi connectivity index (χ2v) is 9.77. The minimum Gasteiger partial charge on any atom is -0.323 e. The molecule has 162 valence electrons. The Morgan fingerprint density at radius 1 is 0.800 bits per heavy atom. The van der Waals surface area contributed by atoms with Crippen LogP contribution in [0.25, 0.3) is 0 Å². The maximum Gasteiger partial charge on any atom is 0.214 e. The molecule has 2 aliphatic carbocycles. The number of benzene rings is 1. The standard InChI is InChI=1S/C24H36N6/c1-4-10-20(11-5-1)23(24-25-26-27-30(24)22-14-8-3-9-15-22)29-18-16-28(17-19-29)21-12-6-2-7-13-21/h1,4-5,10-11,21-23H,2-3,6-9,12-19H2/p+2/t23-/m1/s1. The minimum absolute atomic E-state index is 0.246. The number of aromatic nitrogens is 4. The van der Waals surface area contributed by atoms with Gasteiger partial charge in [0, 0.05) is 5.56 Å². The molecule has 5 rings (SSSR count). The van der Waals surface area contributed by atoms with Crippen molar-refractivity contribution in [2.75, 3.05) is 26.2 Å². The lowest BCUT2D eigenvalue weighted by Gasteiger charge is -2.38. The zero-order chi connectivity index (χ0) is 20.2. The van der Waals surface area contributed by atoms with E-state index in [4.69, 9.17) is 0 Å². The van der Waals surface area contributed by atoms with E-state index in [1.165, 1.54) is 96.0 Å². The first-order valence-corrected chi connectivity index (χ1v) is 12.4. The Bertz CT molecular complexity index is 770. The van der Waals surface area contributed by atoms with Crippen LogP contribution in [0.4, 0.5) is 0 Å². The first kappa shape index (κ1) is 20.1. The number of nitrogens with zero attached hydrogens (tertiary/aromatic N) is 4. The smallest absolute Gasteiger partial charge is 0.214 e. The summed E-state index contributed by atoms with van der Waals surface area (Å²) < 4.78 is 2.20. The fourth-order valence-corrected chi connectivity index (χ4v) is 6.29. The lowest BCUT2D eigenvalue weighted by atomic mass is 9.93. The van der Waals surface area contributed by atoms with Crippen molar-refractivity contribution in [3.05, 3.63) is 41.7 Å². The molecule has 1 aromatic carbocycles. The molecule has 30 heavy (non-hydrogen) atoms. The van der Waals surface area contributed by atoms with Gasteiger partial charge >= 0.3 is 0 Å². The lowest BCUT2D eigenvalue weighted by Crippen LogP contribution is -3.29. The summed E-state index contributed by atoms with van der Waals surface area (Å²) in [6.07, 6.45) is 13.6. The average molecular weight is 411 g/mol. The van der Waals surface area contributed by atoms with Crippen molar-refractivity contribution < 1.29 is 9.80 Å². The van der Waals surface area contributed by atoms with Crippen molar-refractivity contribution in [2.24, 2.45) is 0 Å². The fraction of sp³-hybridized carbons (Fsp3) is 0.708. The van der Waals surface area contributed by atoms with Crippen LogP contribution in [0.1, 0.15) is 87.7 Å². The Balaban J connectivity index is 1.37. The zero-order valence-electron chi connectivity index (χ0n) is 18.3. The van der Waals surface area contributed by atoms with E-state index in [9.17, 15) is 0 Å². The molecule has 1 atom stereocenters. The van der Waals surface area contributed by atoms with Gasteiger partial charge in [0.05, 0.1) is 12.1 Å². The quantitative estimate of drug-likeness (QED) is 0.783. The van der Waals surface area contributed by atoms with E-state index in [1.54, 1.807) is 4.90 Å². The highest BCUT2D eigenvalue weighted by Gasteiger charge is 2.38. The van der Waals surface area contributed by atoms with Crippen molar-refractivity contribution in [3.8, 4) is 0 Å². The molecular weight excluding hydrogens is 372 g/mol. The van der Waals surface area contributed by atoms with Crippen molar-refractivity contribution in [2.45, 2.75) is 82.3 Å². The molecule has 3 aliphatic rings. The Morgan fingerprint density at radius 3 is 2.17 bits per heavy atom. The summed E-state index contributed by atoms with van der Waals surface area (Å²) >= 11 is 0. The molecule has 2 saturated carbocycles. The van der Waals surface area contributed by atoms with Crippen molar-refractivity contribution in [1.82, 2.24) is 20.2 Å². The van der Waals surface area contributed by atoms with E-state index in [2.05, 4.69) is 50.5 Å². The molecule has 0 radical (unpaired) electrons. The third kappa shape index (κ3) is 4.30. The van der Waals surface area contributed by atoms with Gasteiger partial charge in [-0.15, -0.1) is 5.10 Å². The number of nitrogens with one attached hydrogen (secondary N) is 2. The van der Waals surface area contributed by atoms with Crippen LogP contribution < -0.4 is 9.80 Å². The lowest BCUT2D eigenvalue weighted by molar-refractivity contribution is -1.03. The highest BCUT2D eigenvalue weighted by atomic mass is 15.6. The molecule has 0 unspecified atom stereocenters. The predicted molar refractivity (Wildman–Crippen MR) is 116 cm³/mol. The molecule has 2 N–H and O–H groups in total. The van der Waals surface area contributed by atoms with E-state index in [0.29, 0.717) is 6.04 Å². The zero-order valence-corrected chi connectivity index (χ0v) is 18.3. The van der Waals surface area contributed by atoms with Crippen molar-refractivity contribution in [3.63, 3.8) is 0 Å². The van der Waals surface area contributed by atoms with Gasteiger partial charge in [0.15, 0.2) is 6.04 Å². The van der Waals surface area contributed by atoms with Crippen molar-refractivity contribution in [1.29, 1.82) is 0 Å². The molecule has 0 spiro atoms. The third-order valence-electron chi connectivity index (χ3n) is 7.96. The second kappa shape index (κ2) is 9.56. The highest BCUT2D eigenvalue weighted by Crippen LogP contribution is 2.30. The number of piperazine rings is 1. The number of rotatable bonds is 5. The van der Waals surface area contributed by atoms with Gasteiger partial charge in [-0.25, -0.2) is 4.68 Å². The third-order valence-corrected chi connectivity index (χ3v) is 7.96. The molecule has 1 aromatic heterocycles. The molecule has 1 aliphatic heterocycles. The number of hydrogen-bond donors (Lipinski definition) is 2. The van der Waals surface area contributed by atoms with E-state index in [-0.39, 0.29) is 6.04 Å². The Kier molecular flexibility index (Phi) is 6.42.